The Morgan fingerprint density at radius 2 is 1.85 bits per heavy atom. The number of rotatable bonds is 9. The van der Waals surface area contributed by atoms with Gasteiger partial charge in [-0.05, 0) is 41.4 Å². The highest BCUT2D eigenvalue weighted by Gasteiger charge is 2.18. The van der Waals surface area contributed by atoms with Gasteiger partial charge in [0.25, 0.3) is 0 Å². The van der Waals surface area contributed by atoms with Crippen molar-refractivity contribution in [3.63, 3.8) is 0 Å². The molecule has 0 amide bonds. The molecule has 4 aromatic rings. The van der Waals surface area contributed by atoms with Crippen LogP contribution in [0, 0.1) is 0 Å². The fraction of sp³-hybridized carbons (Fsp3) is 0.259. The number of hydrogen-bond donors (Lipinski definition) is 0. The molecule has 4 rings (SSSR count). The molecule has 2 aromatic heterocycles. The van der Waals surface area contributed by atoms with E-state index in [2.05, 4.69) is 44.4 Å². The molecule has 2 heterocycles. The van der Waals surface area contributed by atoms with Crippen LogP contribution in [0.5, 0.6) is 5.75 Å². The van der Waals surface area contributed by atoms with Crippen LogP contribution in [0.1, 0.15) is 5.56 Å². The molecule has 2 aromatic carbocycles. The van der Waals surface area contributed by atoms with Crippen LogP contribution >= 0.6 is 0 Å². The maximum absolute atomic E-state index is 6.01. The van der Waals surface area contributed by atoms with Crippen molar-refractivity contribution in [2.45, 2.75) is 32.4 Å². The molecule has 33 heavy (non-hydrogen) atoms. The second-order valence-electron chi connectivity index (χ2n) is 9.32. The predicted molar refractivity (Wildman–Crippen MR) is 139 cm³/mol. The summed E-state index contributed by atoms with van der Waals surface area (Å²) in [7, 11) is 0.527. The number of nitrogens with zero attached hydrogens (tertiary/aromatic N) is 3. The summed E-state index contributed by atoms with van der Waals surface area (Å²) in [6, 6.07) is 19.5. The third-order valence-electron chi connectivity index (χ3n) is 5.61. The van der Waals surface area contributed by atoms with Gasteiger partial charge in [0, 0.05) is 37.4 Å². The van der Waals surface area contributed by atoms with Crippen molar-refractivity contribution >= 4 is 25.2 Å². The fourth-order valence-electron chi connectivity index (χ4n) is 3.72. The topological polar surface area (TPSA) is 49.2 Å². The Kier molecular flexibility index (Phi) is 6.77. The quantitative estimate of drug-likeness (QED) is 0.206. The standard InChI is InChI=1S/C27H31N3O2Si/c1-6-20-10-9-11-21(16-20)22-17-24-26(23-12-7-8-13-25(23)31-2)29-30(27(24)28-18-22)19-32-14-15-33(3,4)5/h6-13,16-18H,1,14-15,19H2,2-5H3. The van der Waals surface area contributed by atoms with Crippen LogP contribution in [-0.4, -0.2) is 36.6 Å². The summed E-state index contributed by atoms with van der Waals surface area (Å²) in [5.74, 6) is 0.780. The molecule has 0 spiro atoms. The minimum atomic E-state index is -1.16. The molecule has 0 bridgehead atoms. The molecule has 0 aliphatic carbocycles. The number of pyridine rings is 1. The lowest BCUT2D eigenvalue weighted by molar-refractivity contribution is 0.0814. The summed E-state index contributed by atoms with van der Waals surface area (Å²) in [6.07, 6.45) is 3.75. The van der Waals surface area contributed by atoms with E-state index in [9.17, 15) is 0 Å². The lowest BCUT2D eigenvalue weighted by Gasteiger charge is -2.15. The van der Waals surface area contributed by atoms with Gasteiger partial charge in [-0.2, -0.15) is 5.10 Å². The van der Waals surface area contributed by atoms with Gasteiger partial charge in [0.1, 0.15) is 18.2 Å². The fourth-order valence-corrected chi connectivity index (χ4v) is 4.48. The van der Waals surface area contributed by atoms with Crippen molar-refractivity contribution in [1.82, 2.24) is 14.8 Å². The zero-order valence-corrected chi connectivity index (χ0v) is 20.8. The first-order valence-corrected chi connectivity index (χ1v) is 14.9. The van der Waals surface area contributed by atoms with E-state index in [4.69, 9.17) is 19.6 Å². The SMILES string of the molecule is C=Cc1cccc(-c2cnc3c(c2)c(-c2ccccc2OC)nn3COCC[Si](C)(C)C)c1. The first-order chi connectivity index (χ1) is 15.9. The largest absolute Gasteiger partial charge is 0.496 e. The van der Waals surface area contributed by atoms with Gasteiger partial charge in [0.15, 0.2) is 5.65 Å². The zero-order valence-electron chi connectivity index (χ0n) is 19.8. The number of ether oxygens (including phenoxy) is 2. The van der Waals surface area contributed by atoms with Crippen molar-refractivity contribution in [1.29, 1.82) is 0 Å². The maximum Gasteiger partial charge on any atom is 0.160 e. The summed E-state index contributed by atoms with van der Waals surface area (Å²) in [5.41, 5.74) is 5.76. The van der Waals surface area contributed by atoms with Crippen LogP contribution in [0.4, 0.5) is 0 Å². The van der Waals surface area contributed by atoms with Gasteiger partial charge >= 0.3 is 0 Å². The Labute approximate surface area is 196 Å². The lowest BCUT2D eigenvalue weighted by atomic mass is 10.0. The number of fused-ring (bicyclic) bond motifs is 1. The Balaban J connectivity index is 1.78. The van der Waals surface area contributed by atoms with Crippen LogP contribution in [0.15, 0.2) is 67.4 Å². The minimum absolute atomic E-state index is 0.369. The molecule has 0 aliphatic rings. The van der Waals surface area contributed by atoms with E-state index in [1.165, 1.54) is 0 Å². The monoisotopic (exact) mass is 457 g/mol. The third-order valence-corrected chi connectivity index (χ3v) is 7.32. The number of aromatic nitrogens is 3. The molecule has 0 fully saturated rings. The Morgan fingerprint density at radius 1 is 1.03 bits per heavy atom. The maximum atomic E-state index is 6.01. The van der Waals surface area contributed by atoms with Crippen LogP contribution in [-0.2, 0) is 11.5 Å². The van der Waals surface area contributed by atoms with Crippen molar-refractivity contribution in [2.24, 2.45) is 0 Å². The Hall–Kier alpha value is -3.22. The molecule has 0 atom stereocenters. The highest BCUT2D eigenvalue weighted by atomic mass is 28.3. The first kappa shape index (κ1) is 23.0. The second kappa shape index (κ2) is 9.73. The van der Waals surface area contributed by atoms with Crippen molar-refractivity contribution in [3.05, 3.63) is 72.9 Å². The summed E-state index contributed by atoms with van der Waals surface area (Å²) < 4.78 is 13.5. The molecule has 6 heteroatoms. The molecule has 0 saturated carbocycles. The van der Waals surface area contributed by atoms with Gasteiger partial charge in [0.2, 0.25) is 0 Å². The Bertz CT molecular complexity index is 1270. The lowest BCUT2D eigenvalue weighted by Crippen LogP contribution is -2.22. The van der Waals surface area contributed by atoms with Gasteiger partial charge in [-0.3, -0.25) is 0 Å². The zero-order chi connectivity index (χ0) is 23.4. The molecule has 0 saturated heterocycles. The van der Waals surface area contributed by atoms with E-state index >= 15 is 0 Å². The molecule has 0 aliphatic heterocycles. The highest BCUT2D eigenvalue weighted by molar-refractivity contribution is 6.76. The summed E-state index contributed by atoms with van der Waals surface area (Å²) in [6.45, 7) is 12.0. The molecule has 5 nitrogen and oxygen atoms in total. The number of hydrogen-bond acceptors (Lipinski definition) is 4. The molecule has 170 valence electrons. The normalized spacial score (nSPS) is 11.6. The van der Waals surface area contributed by atoms with Crippen LogP contribution in [0.25, 0.3) is 39.5 Å². The minimum Gasteiger partial charge on any atom is -0.496 e. The van der Waals surface area contributed by atoms with Gasteiger partial charge in [0.05, 0.1) is 7.11 Å². The molecule has 0 radical (unpaired) electrons. The molecule has 0 N–H and O–H groups in total. The summed E-state index contributed by atoms with van der Waals surface area (Å²) >= 11 is 0. The van der Waals surface area contributed by atoms with E-state index in [-0.39, 0.29) is 0 Å². The van der Waals surface area contributed by atoms with E-state index in [1.807, 2.05) is 53.4 Å². The van der Waals surface area contributed by atoms with Gasteiger partial charge in [-0.1, -0.05) is 62.6 Å². The molecular formula is C27H31N3O2Si. The average Bonchev–Trinajstić information content (AvgIpc) is 3.19. The third kappa shape index (κ3) is 5.24. The van der Waals surface area contributed by atoms with Crippen LogP contribution < -0.4 is 4.74 Å². The van der Waals surface area contributed by atoms with Gasteiger partial charge in [-0.15, -0.1) is 0 Å². The van der Waals surface area contributed by atoms with Crippen molar-refractivity contribution in [2.75, 3.05) is 13.7 Å². The number of benzene rings is 2. The summed E-state index contributed by atoms with van der Waals surface area (Å²) in [4.78, 5) is 4.80. The van der Waals surface area contributed by atoms with Crippen LogP contribution in [0.2, 0.25) is 25.7 Å². The van der Waals surface area contributed by atoms with E-state index in [0.717, 1.165) is 57.4 Å². The Morgan fingerprint density at radius 3 is 2.61 bits per heavy atom. The molecule has 0 unspecified atom stereocenters. The summed E-state index contributed by atoms with van der Waals surface area (Å²) in [5, 5.41) is 5.88. The molecular weight excluding hydrogens is 426 g/mol. The van der Waals surface area contributed by atoms with E-state index in [0.29, 0.717) is 6.73 Å². The van der Waals surface area contributed by atoms with E-state index in [1.54, 1.807) is 7.11 Å². The number of methoxy groups -OCH3 is 1. The van der Waals surface area contributed by atoms with Crippen molar-refractivity contribution < 1.29 is 9.47 Å². The van der Waals surface area contributed by atoms with Gasteiger partial charge in [-0.25, -0.2) is 9.67 Å². The highest BCUT2D eigenvalue weighted by Crippen LogP contribution is 2.35. The smallest absolute Gasteiger partial charge is 0.160 e. The van der Waals surface area contributed by atoms with Crippen molar-refractivity contribution in [3.8, 4) is 28.1 Å². The second-order valence-corrected chi connectivity index (χ2v) is 14.9. The van der Waals surface area contributed by atoms with Gasteiger partial charge < -0.3 is 9.47 Å². The number of para-hydroxylation sites is 1. The van der Waals surface area contributed by atoms with Crippen LogP contribution in [0.3, 0.4) is 0 Å². The predicted octanol–water partition coefficient (Wildman–Crippen LogP) is 6.73. The first-order valence-electron chi connectivity index (χ1n) is 11.2. The average molecular weight is 458 g/mol. The van der Waals surface area contributed by atoms with E-state index < -0.39 is 8.07 Å².